The van der Waals surface area contributed by atoms with Crippen molar-refractivity contribution in [2.45, 2.75) is 32.7 Å². The zero-order valence-corrected chi connectivity index (χ0v) is 16.3. The molecule has 1 unspecified atom stereocenters. The number of pyridine rings is 1. The molecule has 5 heteroatoms. The largest absolute Gasteiger partial charge is 0.342 e. The first-order valence-corrected chi connectivity index (χ1v) is 9.95. The van der Waals surface area contributed by atoms with Gasteiger partial charge < -0.3 is 9.47 Å². The maximum Gasteiger partial charge on any atom is 0.222 e. The summed E-state index contributed by atoms with van der Waals surface area (Å²) in [6.45, 7) is 4.68. The van der Waals surface area contributed by atoms with Gasteiger partial charge in [0, 0.05) is 55.9 Å². The molecular weight excluding hydrogens is 348 g/mol. The van der Waals surface area contributed by atoms with Gasteiger partial charge in [0.25, 0.3) is 0 Å². The second kappa shape index (κ2) is 8.38. The van der Waals surface area contributed by atoms with Crippen LogP contribution in [0.2, 0.25) is 0 Å². The zero-order valence-electron chi connectivity index (χ0n) is 16.3. The fraction of sp³-hybridized carbons (Fsp3) is 0.348. The van der Waals surface area contributed by atoms with Gasteiger partial charge in [-0.15, -0.1) is 0 Å². The highest BCUT2D eigenvalue weighted by molar-refractivity contribution is 5.76. The molecule has 0 aliphatic carbocycles. The summed E-state index contributed by atoms with van der Waals surface area (Å²) in [6, 6.07) is 14.2. The minimum Gasteiger partial charge on any atom is -0.342 e. The number of amides is 1. The Bertz CT molecular complexity index is 920. The highest BCUT2D eigenvalue weighted by Gasteiger charge is 2.27. The number of nitrogens with zero attached hydrogens (tertiary/aromatic N) is 4. The summed E-state index contributed by atoms with van der Waals surface area (Å²) < 4.78 is 2.28. The third kappa shape index (κ3) is 4.14. The Morgan fingerprint density at radius 1 is 1.14 bits per heavy atom. The van der Waals surface area contributed by atoms with Crippen molar-refractivity contribution in [3.05, 3.63) is 72.3 Å². The summed E-state index contributed by atoms with van der Waals surface area (Å²) in [5.41, 5.74) is 3.46. The molecule has 1 aliphatic rings. The fourth-order valence-electron chi connectivity index (χ4n) is 3.94. The number of aryl methyl sites for hydroxylation is 2. The number of hydrogen-bond acceptors (Lipinski definition) is 3. The van der Waals surface area contributed by atoms with E-state index in [2.05, 4.69) is 33.6 Å². The molecule has 1 saturated heterocycles. The molecule has 0 saturated carbocycles. The predicted molar refractivity (Wildman–Crippen MR) is 110 cm³/mol. The van der Waals surface area contributed by atoms with E-state index < -0.39 is 0 Å². The van der Waals surface area contributed by atoms with Crippen LogP contribution in [0.4, 0.5) is 0 Å². The van der Waals surface area contributed by atoms with E-state index in [0.717, 1.165) is 49.6 Å². The van der Waals surface area contributed by atoms with Crippen molar-refractivity contribution in [2.75, 3.05) is 13.1 Å². The summed E-state index contributed by atoms with van der Waals surface area (Å²) in [5.74, 6) is 1.71. The van der Waals surface area contributed by atoms with E-state index in [0.29, 0.717) is 12.3 Å². The van der Waals surface area contributed by atoms with Crippen LogP contribution in [0.1, 0.15) is 24.1 Å². The maximum absolute atomic E-state index is 12.6. The third-order valence-corrected chi connectivity index (χ3v) is 5.54. The first-order chi connectivity index (χ1) is 13.7. The van der Waals surface area contributed by atoms with Crippen molar-refractivity contribution < 1.29 is 4.79 Å². The van der Waals surface area contributed by atoms with Crippen molar-refractivity contribution in [3.8, 4) is 11.4 Å². The van der Waals surface area contributed by atoms with Crippen LogP contribution < -0.4 is 0 Å². The zero-order chi connectivity index (χ0) is 19.3. The smallest absolute Gasteiger partial charge is 0.222 e. The molecule has 1 atom stereocenters. The van der Waals surface area contributed by atoms with Crippen LogP contribution in [0.5, 0.6) is 0 Å². The lowest BCUT2D eigenvalue weighted by atomic mass is 10.1. The number of imidazole rings is 1. The van der Waals surface area contributed by atoms with Crippen LogP contribution in [0, 0.1) is 12.8 Å². The summed E-state index contributed by atoms with van der Waals surface area (Å²) in [4.78, 5) is 23.4. The van der Waals surface area contributed by atoms with Crippen LogP contribution in [-0.2, 0) is 17.8 Å². The molecule has 0 radical (unpaired) electrons. The molecule has 28 heavy (non-hydrogen) atoms. The molecule has 1 fully saturated rings. The summed E-state index contributed by atoms with van der Waals surface area (Å²) >= 11 is 0. The Balaban J connectivity index is 1.36. The van der Waals surface area contributed by atoms with E-state index in [1.54, 1.807) is 12.4 Å². The molecule has 144 valence electrons. The molecule has 4 rings (SSSR count). The van der Waals surface area contributed by atoms with Gasteiger partial charge in [-0.2, -0.15) is 0 Å². The van der Waals surface area contributed by atoms with Crippen molar-refractivity contribution in [3.63, 3.8) is 0 Å². The van der Waals surface area contributed by atoms with Crippen molar-refractivity contribution in [1.29, 1.82) is 0 Å². The van der Waals surface area contributed by atoms with Gasteiger partial charge in [0.2, 0.25) is 5.91 Å². The third-order valence-electron chi connectivity index (χ3n) is 5.54. The molecule has 2 aromatic heterocycles. The molecule has 1 amide bonds. The van der Waals surface area contributed by atoms with Crippen LogP contribution in [-0.4, -0.2) is 38.4 Å². The Morgan fingerprint density at radius 3 is 2.71 bits per heavy atom. The number of benzene rings is 1. The number of likely N-dealkylation sites (tertiary alicyclic amines) is 1. The Labute approximate surface area is 166 Å². The Kier molecular flexibility index (Phi) is 5.51. The first kappa shape index (κ1) is 18.4. The van der Waals surface area contributed by atoms with Gasteiger partial charge in [0.1, 0.15) is 5.82 Å². The fourth-order valence-corrected chi connectivity index (χ4v) is 3.94. The molecule has 1 aromatic carbocycles. The lowest BCUT2D eigenvalue weighted by Gasteiger charge is -2.18. The van der Waals surface area contributed by atoms with Gasteiger partial charge >= 0.3 is 0 Å². The first-order valence-electron chi connectivity index (χ1n) is 9.95. The number of carbonyl (C=O) groups excluding carboxylic acids is 1. The molecule has 0 spiro atoms. The normalized spacial score (nSPS) is 16.5. The standard InChI is InChI=1S/C23H26N4O/c1-18-15-25-23(21-9-12-24-13-10-21)27(18)17-20-11-14-26(16-20)22(28)8-7-19-5-3-2-4-6-19/h2-6,9-10,12-13,15,20H,7-8,11,14,16-17H2,1H3. The van der Waals surface area contributed by atoms with Gasteiger partial charge in [0.05, 0.1) is 0 Å². The summed E-state index contributed by atoms with van der Waals surface area (Å²) in [7, 11) is 0. The molecular formula is C23H26N4O. The van der Waals surface area contributed by atoms with Crippen molar-refractivity contribution >= 4 is 5.91 Å². The molecule has 0 bridgehead atoms. The SMILES string of the molecule is Cc1cnc(-c2ccncc2)n1CC1CCN(C(=O)CCc2ccccc2)C1. The molecule has 3 aromatic rings. The van der Waals surface area contributed by atoms with Gasteiger partial charge in [0.15, 0.2) is 0 Å². The second-order valence-corrected chi connectivity index (χ2v) is 7.55. The van der Waals surface area contributed by atoms with E-state index in [1.807, 2.05) is 41.4 Å². The topological polar surface area (TPSA) is 51.0 Å². The number of carbonyl (C=O) groups is 1. The Morgan fingerprint density at radius 2 is 1.93 bits per heavy atom. The second-order valence-electron chi connectivity index (χ2n) is 7.55. The van der Waals surface area contributed by atoms with Crippen LogP contribution in [0.15, 0.2) is 61.1 Å². The molecule has 1 aliphatic heterocycles. The highest BCUT2D eigenvalue weighted by Crippen LogP contribution is 2.24. The number of hydrogen-bond donors (Lipinski definition) is 0. The van der Waals surface area contributed by atoms with Crippen molar-refractivity contribution in [2.24, 2.45) is 5.92 Å². The number of rotatable bonds is 6. The van der Waals surface area contributed by atoms with Gasteiger partial charge in [-0.05, 0) is 43.4 Å². The van der Waals surface area contributed by atoms with E-state index >= 15 is 0 Å². The quantitative estimate of drug-likeness (QED) is 0.660. The average Bonchev–Trinajstić information content (AvgIpc) is 3.35. The van der Waals surface area contributed by atoms with E-state index in [4.69, 9.17) is 0 Å². The van der Waals surface area contributed by atoms with Crippen LogP contribution >= 0.6 is 0 Å². The van der Waals surface area contributed by atoms with Crippen LogP contribution in [0.25, 0.3) is 11.4 Å². The maximum atomic E-state index is 12.6. The van der Waals surface area contributed by atoms with Gasteiger partial charge in [-0.25, -0.2) is 4.98 Å². The summed E-state index contributed by atoms with van der Waals surface area (Å²) in [6.07, 6.45) is 7.97. The lowest BCUT2D eigenvalue weighted by Crippen LogP contribution is -2.29. The Hall–Kier alpha value is -2.95. The predicted octanol–water partition coefficient (Wildman–Crippen LogP) is 3.73. The average molecular weight is 374 g/mol. The van der Waals surface area contributed by atoms with Crippen molar-refractivity contribution in [1.82, 2.24) is 19.4 Å². The van der Waals surface area contributed by atoms with E-state index in [-0.39, 0.29) is 5.91 Å². The molecule has 3 heterocycles. The van der Waals surface area contributed by atoms with Gasteiger partial charge in [-0.3, -0.25) is 9.78 Å². The molecule has 5 nitrogen and oxygen atoms in total. The van der Waals surface area contributed by atoms with E-state index in [1.165, 1.54) is 5.56 Å². The highest BCUT2D eigenvalue weighted by atomic mass is 16.2. The minimum absolute atomic E-state index is 0.267. The lowest BCUT2D eigenvalue weighted by molar-refractivity contribution is -0.130. The van der Waals surface area contributed by atoms with Gasteiger partial charge in [-0.1, -0.05) is 30.3 Å². The minimum atomic E-state index is 0.267. The van der Waals surface area contributed by atoms with E-state index in [9.17, 15) is 4.79 Å². The monoisotopic (exact) mass is 374 g/mol. The number of aromatic nitrogens is 3. The van der Waals surface area contributed by atoms with Crippen LogP contribution in [0.3, 0.4) is 0 Å². The molecule has 0 N–H and O–H groups in total. The summed E-state index contributed by atoms with van der Waals surface area (Å²) in [5, 5.41) is 0.